The number of nitrogens with zero attached hydrogens (tertiary/aromatic N) is 1. The number of nitro groups is 1. The van der Waals surface area contributed by atoms with Crippen LogP contribution in [0.25, 0.3) is 0 Å². The molecule has 0 saturated heterocycles. The molecule has 0 spiro atoms. The molecule has 26 heavy (non-hydrogen) atoms. The average Bonchev–Trinajstić information content (AvgIpc) is 2.60. The van der Waals surface area contributed by atoms with Gasteiger partial charge >= 0.3 is 0 Å². The third kappa shape index (κ3) is 4.70. The summed E-state index contributed by atoms with van der Waals surface area (Å²) in [5.74, 6) is -1.49. The zero-order valence-corrected chi connectivity index (χ0v) is 14.4. The van der Waals surface area contributed by atoms with Gasteiger partial charge in [-0.25, -0.2) is 0 Å². The van der Waals surface area contributed by atoms with E-state index in [0.29, 0.717) is 0 Å². The van der Waals surface area contributed by atoms with Gasteiger partial charge in [-0.3, -0.25) is 19.7 Å². The van der Waals surface area contributed by atoms with Crippen LogP contribution in [-0.4, -0.2) is 22.8 Å². The molecule has 2 rings (SSSR count). The number of hydrogen-bond acceptors (Lipinski definition) is 5. The average molecular weight is 377 g/mol. The Morgan fingerprint density at radius 1 is 1.23 bits per heavy atom. The molecule has 0 unspecified atom stereocenters. The summed E-state index contributed by atoms with van der Waals surface area (Å²) >= 11 is 5.93. The maximum absolute atomic E-state index is 12.1. The van der Waals surface area contributed by atoms with Crippen molar-refractivity contribution in [1.82, 2.24) is 10.6 Å². The quantitative estimate of drug-likeness (QED) is 0.587. The lowest BCUT2D eigenvalue weighted by atomic mass is 10.1. The molecule has 0 radical (unpaired) electrons. The van der Waals surface area contributed by atoms with Gasteiger partial charge in [-0.1, -0.05) is 29.8 Å². The van der Waals surface area contributed by atoms with Gasteiger partial charge in [-0.05, 0) is 24.6 Å². The van der Waals surface area contributed by atoms with Crippen LogP contribution in [-0.2, 0) is 11.3 Å². The monoisotopic (exact) mass is 376 g/mol. The van der Waals surface area contributed by atoms with E-state index in [4.69, 9.17) is 11.6 Å². The molecule has 0 fully saturated rings. The number of benzene rings is 2. The van der Waals surface area contributed by atoms with Crippen LogP contribution >= 0.6 is 11.6 Å². The van der Waals surface area contributed by atoms with Crippen molar-refractivity contribution in [2.75, 3.05) is 0 Å². The van der Waals surface area contributed by atoms with Crippen molar-refractivity contribution < 1.29 is 19.6 Å². The first-order valence-electron chi connectivity index (χ1n) is 7.57. The summed E-state index contributed by atoms with van der Waals surface area (Å²) in [5.41, 5.74) is 0.0699. The van der Waals surface area contributed by atoms with Crippen molar-refractivity contribution in [2.24, 2.45) is 0 Å². The molecule has 0 aliphatic heterocycles. The van der Waals surface area contributed by atoms with Crippen LogP contribution in [0, 0.1) is 10.1 Å². The molecule has 136 valence electrons. The summed E-state index contributed by atoms with van der Waals surface area (Å²) in [6.07, 6.45) is 0. The third-order valence-corrected chi connectivity index (χ3v) is 3.90. The van der Waals surface area contributed by atoms with Gasteiger partial charge in [0.25, 0.3) is 11.6 Å². The highest BCUT2D eigenvalue weighted by Crippen LogP contribution is 2.20. The standard InChI is InChI=1S/C17H16ClN3O5/c1-10(20-17(24)13-4-2-3-5-14(13)18)16(23)19-9-11-8-12(21(25)26)6-7-15(11)22/h2-8,10,22H,9H2,1H3,(H,19,23)(H,20,24)/p-1/t10-/m0/s1. The zero-order valence-electron chi connectivity index (χ0n) is 13.7. The predicted molar refractivity (Wildman–Crippen MR) is 92.8 cm³/mol. The van der Waals surface area contributed by atoms with Crippen molar-refractivity contribution in [3.8, 4) is 5.75 Å². The lowest BCUT2D eigenvalue weighted by Crippen LogP contribution is -2.44. The molecule has 1 atom stereocenters. The fraction of sp³-hybridized carbons (Fsp3) is 0.176. The minimum Gasteiger partial charge on any atom is -0.872 e. The van der Waals surface area contributed by atoms with E-state index < -0.39 is 28.5 Å². The van der Waals surface area contributed by atoms with Crippen LogP contribution in [0.4, 0.5) is 5.69 Å². The number of nitrogens with one attached hydrogen (secondary N) is 2. The number of halogens is 1. The molecule has 2 N–H and O–H groups in total. The molecule has 2 aromatic carbocycles. The van der Waals surface area contributed by atoms with Gasteiger partial charge in [0, 0.05) is 18.7 Å². The van der Waals surface area contributed by atoms with Crippen LogP contribution in [0.3, 0.4) is 0 Å². The van der Waals surface area contributed by atoms with E-state index >= 15 is 0 Å². The van der Waals surface area contributed by atoms with Gasteiger partial charge in [-0.15, -0.1) is 5.75 Å². The number of hydrogen-bond donors (Lipinski definition) is 2. The molecule has 0 saturated carbocycles. The Morgan fingerprint density at radius 3 is 2.58 bits per heavy atom. The van der Waals surface area contributed by atoms with Crippen LogP contribution in [0.5, 0.6) is 5.75 Å². The number of amides is 2. The summed E-state index contributed by atoms with van der Waals surface area (Å²) in [7, 11) is 0. The second-order valence-electron chi connectivity index (χ2n) is 5.44. The molecule has 0 aromatic heterocycles. The maximum atomic E-state index is 12.1. The van der Waals surface area contributed by atoms with Gasteiger partial charge < -0.3 is 15.7 Å². The molecule has 0 heterocycles. The molecular formula is C17H15ClN3O5-. The first-order chi connectivity index (χ1) is 12.3. The van der Waals surface area contributed by atoms with Crippen LogP contribution in [0.1, 0.15) is 22.8 Å². The summed E-state index contributed by atoms with van der Waals surface area (Å²) in [6.45, 7) is 1.28. The van der Waals surface area contributed by atoms with E-state index in [-0.39, 0.29) is 28.4 Å². The fourth-order valence-corrected chi connectivity index (χ4v) is 2.36. The highest BCUT2D eigenvalue weighted by Gasteiger charge is 2.18. The Kier molecular flexibility index (Phi) is 6.13. The molecule has 8 nitrogen and oxygen atoms in total. The molecule has 0 aliphatic rings. The van der Waals surface area contributed by atoms with Crippen LogP contribution < -0.4 is 15.7 Å². The lowest BCUT2D eigenvalue weighted by Gasteiger charge is -2.17. The fourth-order valence-electron chi connectivity index (χ4n) is 2.14. The zero-order chi connectivity index (χ0) is 19.3. The van der Waals surface area contributed by atoms with E-state index in [0.717, 1.165) is 18.2 Å². The second-order valence-corrected chi connectivity index (χ2v) is 5.85. The minimum absolute atomic E-state index is 0.0807. The Balaban J connectivity index is 1.97. The number of nitro benzene ring substituents is 1. The number of carbonyl (C=O) groups excluding carboxylic acids is 2. The maximum Gasteiger partial charge on any atom is 0.269 e. The molecule has 0 bridgehead atoms. The Hall–Kier alpha value is -3.13. The van der Waals surface area contributed by atoms with Crippen molar-refractivity contribution in [1.29, 1.82) is 0 Å². The normalized spacial score (nSPS) is 11.5. The Bertz CT molecular complexity index is 856. The first-order valence-corrected chi connectivity index (χ1v) is 7.95. The van der Waals surface area contributed by atoms with E-state index in [1.807, 2.05) is 0 Å². The topological polar surface area (TPSA) is 124 Å². The number of non-ortho nitro benzene ring substituents is 1. The summed E-state index contributed by atoms with van der Waals surface area (Å²) in [6, 6.07) is 8.78. The van der Waals surface area contributed by atoms with Crippen molar-refractivity contribution in [3.63, 3.8) is 0 Å². The molecule has 0 aliphatic carbocycles. The highest BCUT2D eigenvalue weighted by molar-refractivity contribution is 6.33. The largest absolute Gasteiger partial charge is 0.872 e. The van der Waals surface area contributed by atoms with Crippen LogP contribution in [0.15, 0.2) is 42.5 Å². The smallest absolute Gasteiger partial charge is 0.269 e. The summed E-state index contributed by atoms with van der Waals surface area (Å²) < 4.78 is 0. The van der Waals surface area contributed by atoms with Crippen molar-refractivity contribution in [2.45, 2.75) is 19.5 Å². The van der Waals surface area contributed by atoms with Gasteiger partial charge in [0.05, 0.1) is 15.5 Å². The number of carbonyl (C=O) groups is 2. The minimum atomic E-state index is -0.896. The highest BCUT2D eigenvalue weighted by atomic mass is 35.5. The van der Waals surface area contributed by atoms with Crippen molar-refractivity contribution >= 4 is 29.1 Å². The molecular weight excluding hydrogens is 362 g/mol. The van der Waals surface area contributed by atoms with Gasteiger partial charge in [0.15, 0.2) is 0 Å². The van der Waals surface area contributed by atoms with Gasteiger partial charge in [0.1, 0.15) is 6.04 Å². The van der Waals surface area contributed by atoms with Gasteiger partial charge in [0.2, 0.25) is 5.91 Å². The van der Waals surface area contributed by atoms with E-state index in [2.05, 4.69) is 10.6 Å². The van der Waals surface area contributed by atoms with Crippen LogP contribution in [0.2, 0.25) is 5.02 Å². The van der Waals surface area contributed by atoms with E-state index in [9.17, 15) is 24.8 Å². The Morgan fingerprint density at radius 2 is 1.92 bits per heavy atom. The van der Waals surface area contributed by atoms with Crippen molar-refractivity contribution in [3.05, 3.63) is 68.7 Å². The lowest BCUT2D eigenvalue weighted by molar-refractivity contribution is -0.385. The Labute approximate surface area is 153 Å². The third-order valence-electron chi connectivity index (χ3n) is 3.57. The van der Waals surface area contributed by atoms with E-state index in [1.165, 1.54) is 13.0 Å². The van der Waals surface area contributed by atoms with Gasteiger partial charge in [-0.2, -0.15) is 0 Å². The summed E-state index contributed by atoms with van der Waals surface area (Å²) in [5, 5.41) is 27.7. The molecule has 2 amide bonds. The molecule has 9 heteroatoms. The predicted octanol–water partition coefficient (Wildman–Crippen LogP) is 1.76. The first kappa shape index (κ1) is 19.2. The summed E-state index contributed by atoms with van der Waals surface area (Å²) in [4.78, 5) is 34.4. The molecule has 2 aromatic rings. The van der Waals surface area contributed by atoms with E-state index in [1.54, 1.807) is 18.2 Å². The number of rotatable bonds is 6. The SMILES string of the molecule is C[C@H](NC(=O)c1ccccc1Cl)C(=O)NCc1cc([N+](=O)[O-])ccc1[O-]. The second kappa shape index (κ2) is 8.30.